The molecule has 1 aromatic heterocycles. The number of nitrogens with one attached hydrogen (secondary N) is 1. The summed E-state index contributed by atoms with van der Waals surface area (Å²) in [5.74, 6) is 0.741. The molecule has 16 heavy (non-hydrogen) atoms. The molecule has 86 valence electrons. The summed E-state index contributed by atoms with van der Waals surface area (Å²) in [6, 6.07) is 5.76. The largest absolute Gasteiger partial charge is 0.352 e. The average Bonchev–Trinajstić information content (AvgIpc) is 3.01. The molecule has 5 heteroatoms. The van der Waals surface area contributed by atoms with Crippen molar-refractivity contribution in [3.63, 3.8) is 0 Å². The molecule has 1 aliphatic carbocycles. The summed E-state index contributed by atoms with van der Waals surface area (Å²) in [4.78, 5) is 17.5. The normalized spacial score (nSPS) is 14.6. The van der Waals surface area contributed by atoms with Crippen LogP contribution in [0, 0.1) is 0 Å². The van der Waals surface area contributed by atoms with Crippen LogP contribution in [-0.2, 0) is 4.79 Å². The SMILES string of the molecule is CN(CC(=O)NC1CC1)c1cccc(Cl)n1. The van der Waals surface area contributed by atoms with Crippen molar-refractivity contribution in [1.29, 1.82) is 0 Å². The lowest BCUT2D eigenvalue weighted by molar-refractivity contribution is -0.119. The molecule has 1 fully saturated rings. The van der Waals surface area contributed by atoms with Gasteiger partial charge in [-0.15, -0.1) is 0 Å². The van der Waals surface area contributed by atoms with Crippen LogP contribution in [0.1, 0.15) is 12.8 Å². The van der Waals surface area contributed by atoms with E-state index in [0.717, 1.165) is 12.8 Å². The zero-order valence-electron chi connectivity index (χ0n) is 9.11. The van der Waals surface area contributed by atoms with Crippen LogP contribution in [-0.4, -0.2) is 30.5 Å². The number of hydrogen-bond donors (Lipinski definition) is 1. The molecule has 0 radical (unpaired) electrons. The van der Waals surface area contributed by atoms with Gasteiger partial charge in [0.25, 0.3) is 0 Å². The smallest absolute Gasteiger partial charge is 0.239 e. The summed E-state index contributed by atoms with van der Waals surface area (Å²) in [5.41, 5.74) is 0. The molecule has 0 aromatic carbocycles. The second kappa shape index (κ2) is 4.70. The molecule has 1 amide bonds. The molecule has 0 atom stereocenters. The molecule has 1 aliphatic rings. The molecule has 4 nitrogen and oxygen atoms in total. The Labute approximate surface area is 99.6 Å². The Morgan fingerprint density at radius 2 is 2.38 bits per heavy atom. The van der Waals surface area contributed by atoms with Crippen molar-refractivity contribution < 1.29 is 4.79 Å². The maximum absolute atomic E-state index is 11.5. The van der Waals surface area contributed by atoms with E-state index in [9.17, 15) is 4.79 Å². The Hall–Kier alpha value is -1.29. The number of amides is 1. The number of pyridine rings is 1. The van der Waals surface area contributed by atoms with Gasteiger partial charge in [-0.05, 0) is 25.0 Å². The van der Waals surface area contributed by atoms with E-state index in [1.165, 1.54) is 0 Å². The lowest BCUT2D eigenvalue weighted by Gasteiger charge is -2.17. The third kappa shape index (κ3) is 3.10. The van der Waals surface area contributed by atoms with Gasteiger partial charge in [-0.3, -0.25) is 4.79 Å². The number of likely N-dealkylation sites (N-methyl/N-ethyl adjacent to an activating group) is 1. The van der Waals surface area contributed by atoms with E-state index in [4.69, 9.17) is 11.6 Å². The highest BCUT2D eigenvalue weighted by Gasteiger charge is 2.23. The van der Waals surface area contributed by atoms with Crippen molar-refractivity contribution in [2.45, 2.75) is 18.9 Å². The van der Waals surface area contributed by atoms with Crippen LogP contribution < -0.4 is 10.2 Å². The highest BCUT2D eigenvalue weighted by Crippen LogP contribution is 2.18. The van der Waals surface area contributed by atoms with Gasteiger partial charge in [-0.1, -0.05) is 17.7 Å². The molecule has 0 unspecified atom stereocenters. The van der Waals surface area contributed by atoms with E-state index in [1.54, 1.807) is 11.0 Å². The van der Waals surface area contributed by atoms with Crippen molar-refractivity contribution >= 4 is 23.3 Å². The molecule has 1 saturated carbocycles. The topological polar surface area (TPSA) is 45.2 Å². The molecule has 2 rings (SSSR count). The first-order valence-corrected chi connectivity index (χ1v) is 5.66. The van der Waals surface area contributed by atoms with Crippen LogP contribution in [0.4, 0.5) is 5.82 Å². The second-order valence-corrected chi connectivity index (χ2v) is 4.40. The van der Waals surface area contributed by atoms with Crippen LogP contribution in [0.2, 0.25) is 5.15 Å². The van der Waals surface area contributed by atoms with E-state index in [2.05, 4.69) is 10.3 Å². The fourth-order valence-corrected chi connectivity index (χ4v) is 1.57. The van der Waals surface area contributed by atoms with Gasteiger partial charge in [0.1, 0.15) is 11.0 Å². The van der Waals surface area contributed by atoms with E-state index in [-0.39, 0.29) is 5.91 Å². The number of aromatic nitrogens is 1. The standard InChI is InChI=1S/C11H14ClN3O/c1-15(7-11(16)13-8-5-6-8)10-4-2-3-9(12)14-10/h2-4,8H,5-7H2,1H3,(H,13,16). The van der Waals surface area contributed by atoms with Gasteiger partial charge < -0.3 is 10.2 Å². The van der Waals surface area contributed by atoms with Gasteiger partial charge in [-0.25, -0.2) is 4.98 Å². The molecule has 1 heterocycles. The van der Waals surface area contributed by atoms with Crippen molar-refractivity contribution in [1.82, 2.24) is 10.3 Å². The Bertz CT molecular complexity index is 393. The summed E-state index contributed by atoms with van der Waals surface area (Å²) in [7, 11) is 1.82. The van der Waals surface area contributed by atoms with Crippen LogP contribution in [0.15, 0.2) is 18.2 Å². The Kier molecular flexibility index (Phi) is 3.29. The van der Waals surface area contributed by atoms with Gasteiger partial charge in [0.05, 0.1) is 6.54 Å². The molecule has 0 saturated heterocycles. The predicted octanol–water partition coefficient (Wildman–Crippen LogP) is 1.45. The zero-order chi connectivity index (χ0) is 11.5. The number of carbonyl (C=O) groups is 1. The summed E-state index contributed by atoms with van der Waals surface area (Å²) < 4.78 is 0. The highest BCUT2D eigenvalue weighted by molar-refractivity contribution is 6.29. The van der Waals surface area contributed by atoms with Crippen molar-refractivity contribution in [2.24, 2.45) is 0 Å². The molecule has 0 spiro atoms. The van der Waals surface area contributed by atoms with Gasteiger partial charge in [0.2, 0.25) is 5.91 Å². The molecular weight excluding hydrogens is 226 g/mol. The number of hydrogen-bond acceptors (Lipinski definition) is 3. The first kappa shape index (κ1) is 11.2. The Morgan fingerprint density at radius 3 is 3.00 bits per heavy atom. The highest BCUT2D eigenvalue weighted by atomic mass is 35.5. The molecular formula is C11H14ClN3O. The molecule has 0 aliphatic heterocycles. The third-order valence-electron chi connectivity index (χ3n) is 2.41. The van der Waals surface area contributed by atoms with Gasteiger partial charge >= 0.3 is 0 Å². The monoisotopic (exact) mass is 239 g/mol. The van der Waals surface area contributed by atoms with Gasteiger partial charge in [0.15, 0.2) is 0 Å². The minimum atomic E-state index is 0.0341. The van der Waals surface area contributed by atoms with Crippen molar-refractivity contribution in [3.05, 3.63) is 23.4 Å². The van der Waals surface area contributed by atoms with Crippen molar-refractivity contribution in [2.75, 3.05) is 18.5 Å². The van der Waals surface area contributed by atoms with Crippen LogP contribution in [0.25, 0.3) is 0 Å². The van der Waals surface area contributed by atoms with Crippen LogP contribution in [0.3, 0.4) is 0 Å². The maximum Gasteiger partial charge on any atom is 0.239 e. The fourth-order valence-electron chi connectivity index (χ4n) is 1.41. The Balaban J connectivity index is 1.91. The van der Waals surface area contributed by atoms with Gasteiger partial charge in [0, 0.05) is 13.1 Å². The van der Waals surface area contributed by atoms with Crippen molar-refractivity contribution in [3.8, 4) is 0 Å². The lowest BCUT2D eigenvalue weighted by Crippen LogP contribution is -2.36. The van der Waals surface area contributed by atoms with E-state index in [0.29, 0.717) is 23.6 Å². The van der Waals surface area contributed by atoms with Crippen LogP contribution >= 0.6 is 11.6 Å². The summed E-state index contributed by atoms with van der Waals surface area (Å²) >= 11 is 5.78. The first-order chi connectivity index (χ1) is 7.65. The quantitative estimate of drug-likeness (QED) is 0.809. The minimum absolute atomic E-state index is 0.0341. The van der Waals surface area contributed by atoms with E-state index >= 15 is 0 Å². The first-order valence-electron chi connectivity index (χ1n) is 5.28. The second-order valence-electron chi connectivity index (χ2n) is 4.02. The lowest BCUT2D eigenvalue weighted by atomic mass is 10.4. The van der Waals surface area contributed by atoms with Crippen LogP contribution in [0.5, 0.6) is 0 Å². The summed E-state index contributed by atoms with van der Waals surface area (Å²) in [6.07, 6.45) is 2.20. The number of anilines is 1. The van der Waals surface area contributed by atoms with Gasteiger partial charge in [-0.2, -0.15) is 0 Å². The number of halogens is 1. The third-order valence-corrected chi connectivity index (χ3v) is 2.63. The molecule has 1 N–H and O–H groups in total. The molecule has 0 bridgehead atoms. The number of rotatable bonds is 4. The maximum atomic E-state index is 11.5. The average molecular weight is 240 g/mol. The molecule has 1 aromatic rings. The minimum Gasteiger partial charge on any atom is -0.352 e. The number of nitrogens with zero attached hydrogens (tertiary/aromatic N) is 2. The van der Waals surface area contributed by atoms with E-state index in [1.807, 2.05) is 19.2 Å². The van der Waals surface area contributed by atoms with E-state index < -0.39 is 0 Å². The zero-order valence-corrected chi connectivity index (χ0v) is 9.87. The number of carbonyl (C=O) groups excluding carboxylic acids is 1. The summed E-state index contributed by atoms with van der Waals surface area (Å²) in [6.45, 7) is 0.309. The predicted molar refractivity (Wildman–Crippen MR) is 63.7 cm³/mol. The summed E-state index contributed by atoms with van der Waals surface area (Å²) in [5, 5.41) is 3.36. The Morgan fingerprint density at radius 1 is 1.62 bits per heavy atom. The fraction of sp³-hybridized carbons (Fsp3) is 0.455.